The maximum absolute atomic E-state index is 12.5. The molecule has 10 heteroatoms. The number of nitrogens with zero attached hydrogens (tertiary/aromatic N) is 1. The first-order chi connectivity index (χ1) is 14.3. The molecule has 0 radical (unpaired) electrons. The molecule has 2 aromatic carbocycles. The van der Waals surface area contributed by atoms with Crippen molar-refractivity contribution in [3.8, 4) is 28.5 Å². The van der Waals surface area contributed by atoms with Gasteiger partial charge in [0.25, 0.3) is 5.91 Å². The van der Waals surface area contributed by atoms with Gasteiger partial charge in [0.15, 0.2) is 11.5 Å². The van der Waals surface area contributed by atoms with E-state index in [1.807, 2.05) is 6.07 Å². The summed E-state index contributed by atoms with van der Waals surface area (Å²) in [6.45, 7) is -0.0119. The topological polar surface area (TPSA) is 85.5 Å². The third-order valence-electron chi connectivity index (χ3n) is 4.11. The third kappa shape index (κ3) is 4.83. The fourth-order valence-corrected chi connectivity index (χ4v) is 2.82. The second kappa shape index (κ2) is 8.76. The summed E-state index contributed by atoms with van der Waals surface area (Å²) in [6.07, 6.45) is -4.90. The summed E-state index contributed by atoms with van der Waals surface area (Å²) in [6, 6.07) is 12.1. The predicted molar refractivity (Wildman–Crippen MR) is 101 cm³/mol. The zero-order chi connectivity index (χ0) is 21.7. The average Bonchev–Trinajstić information content (AvgIpc) is 3.19. The second-order valence-electron chi connectivity index (χ2n) is 6.04. The van der Waals surface area contributed by atoms with Crippen LogP contribution in [0.1, 0.15) is 16.1 Å². The number of hydrogen-bond donors (Lipinski definition) is 2. The Hall–Kier alpha value is -3.69. The molecule has 1 aromatic heterocycles. The van der Waals surface area contributed by atoms with Crippen molar-refractivity contribution in [3.63, 3.8) is 0 Å². The zero-order valence-electron chi connectivity index (χ0n) is 16.0. The number of ether oxygens (including phenoxy) is 3. The number of aromatic amines is 1. The highest BCUT2D eigenvalue weighted by Crippen LogP contribution is 2.37. The van der Waals surface area contributed by atoms with E-state index in [2.05, 4.69) is 20.3 Å². The number of H-pyrrole nitrogens is 1. The lowest BCUT2D eigenvalue weighted by molar-refractivity contribution is -0.274. The fourth-order valence-electron chi connectivity index (χ4n) is 2.82. The van der Waals surface area contributed by atoms with Crippen molar-refractivity contribution in [1.29, 1.82) is 0 Å². The van der Waals surface area contributed by atoms with E-state index in [9.17, 15) is 18.0 Å². The number of carbonyl (C=O) groups excluding carboxylic acids is 1. The van der Waals surface area contributed by atoms with Crippen LogP contribution >= 0.6 is 0 Å². The summed E-state index contributed by atoms with van der Waals surface area (Å²) in [5.74, 6) is -0.247. The lowest BCUT2D eigenvalue weighted by atomic mass is 10.1. The van der Waals surface area contributed by atoms with E-state index in [4.69, 9.17) is 9.47 Å². The average molecular weight is 421 g/mol. The van der Waals surface area contributed by atoms with E-state index in [1.165, 1.54) is 32.4 Å². The monoisotopic (exact) mass is 421 g/mol. The van der Waals surface area contributed by atoms with Gasteiger partial charge in [0.05, 0.1) is 37.7 Å². The molecule has 0 aliphatic heterocycles. The van der Waals surface area contributed by atoms with Crippen molar-refractivity contribution < 1.29 is 32.2 Å². The van der Waals surface area contributed by atoms with Crippen LogP contribution in [0.5, 0.6) is 17.2 Å². The minimum absolute atomic E-state index is 0.0119. The predicted octanol–water partition coefficient (Wildman–Crippen LogP) is 3.92. The lowest BCUT2D eigenvalue weighted by Gasteiger charge is -2.12. The van der Waals surface area contributed by atoms with Crippen molar-refractivity contribution in [2.24, 2.45) is 0 Å². The van der Waals surface area contributed by atoms with Crippen LogP contribution in [0.15, 0.2) is 48.5 Å². The smallest absolute Gasteiger partial charge is 0.493 e. The van der Waals surface area contributed by atoms with Gasteiger partial charge >= 0.3 is 6.36 Å². The number of rotatable bonds is 7. The minimum atomic E-state index is -4.90. The minimum Gasteiger partial charge on any atom is -0.493 e. The number of halogens is 3. The summed E-state index contributed by atoms with van der Waals surface area (Å²) in [7, 11) is 3.04. The van der Waals surface area contributed by atoms with Crippen molar-refractivity contribution in [2.75, 3.05) is 14.2 Å². The molecule has 2 N–H and O–H groups in total. The molecular weight excluding hydrogens is 403 g/mol. The molecule has 3 rings (SSSR count). The van der Waals surface area contributed by atoms with Crippen LogP contribution in [-0.4, -0.2) is 36.7 Å². The van der Waals surface area contributed by atoms with Crippen LogP contribution in [0.3, 0.4) is 0 Å². The van der Waals surface area contributed by atoms with Gasteiger partial charge in [0.2, 0.25) is 0 Å². The number of hydrogen-bond acceptors (Lipinski definition) is 5. The Balaban J connectivity index is 1.74. The molecule has 0 spiro atoms. The highest BCUT2D eigenvalue weighted by Gasteiger charge is 2.32. The first-order valence-electron chi connectivity index (χ1n) is 8.71. The first kappa shape index (κ1) is 21.0. The van der Waals surface area contributed by atoms with Crippen LogP contribution in [0, 0.1) is 0 Å². The van der Waals surface area contributed by atoms with Crippen LogP contribution < -0.4 is 19.5 Å². The van der Waals surface area contributed by atoms with Gasteiger partial charge in [0.1, 0.15) is 5.75 Å². The number of amides is 1. The molecule has 0 bridgehead atoms. The molecule has 1 amide bonds. The van der Waals surface area contributed by atoms with Crippen LogP contribution in [0.25, 0.3) is 11.3 Å². The molecule has 7 nitrogen and oxygen atoms in total. The fraction of sp³-hybridized carbons (Fsp3) is 0.200. The molecule has 158 valence electrons. The molecule has 0 aliphatic rings. The van der Waals surface area contributed by atoms with Crippen molar-refractivity contribution in [2.45, 2.75) is 12.9 Å². The van der Waals surface area contributed by atoms with Crippen molar-refractivity contribution in [1.82, 2.24) is 15.5 Å². The summed E-state index contributed by atoms with van der Waals surface area (Å²) < 4.78 is 52.2. The van der Waals surface area contributed by atoms with Crippen molar-refractivity contribution in [3.05, 3.63) is 59.8 Å². The number of benzene rings is 2. The highest BCUT2D eigenvalue weighted by atomic mass is 19.4. The summed E-state index contributed by atoms with van der Waals surface area (Å²) in [5, 5.41) is 9.50. The van der Waals surface area contributed by atoms with Gasteiger partial charge in [-0.05, 0) is 30.3 Å². The number of carbonyl (C=O) groups is 1. The molecule has 0 atom stereocenters. The molecular formula is C20H18F3N3O4. The Kier molecular flexibility index (Phi) is 6.14. The molecule has 0 aliphatic carbocycles. The number of nitrogens with one attached hydrogen (secondary N) is 2. The summed E-state index contributed by atoms with van der Waals surface area (Å²) >= 11 is 0. The second-order valence-corrected chi connectivity index (χ2v) is 6.04. The van der Waals surface area contributed by atoms with E-state index in [1.54, 1.807) is 18.2 Å². The van der Waals surface area contributed by atoms with E-state index in [0.717, 1.165) is 6.07 Å². The molecule has 1 heterocycles. The van der Waals surface area contributed by atoms with Crippen LogP contribution in [0.2, 0.25) is 0 Å². The summed E-state index contributed by atoms with van der Waals surface area (Å²) in [4.78, 5) is 12.4. The number of aromatic nitrogens is 2. The Morgan fingerprint density at radius 3 is 2.50 bits per heavy atom. The van der Waals surface area contributed by atoms with Crippen LogP contribution in [-0.2, 0) is 6.54 Å². The highest BCUT2D eigenvalue weighted by molar-refractivity contribution is 5.96. The van der Waals surface area contributed by atoms with Gasteiger partial charge in [-0.3, -0.25) is 9.89 Å². The van der Waals surface area contributed by atoms with Gasteiger partial charge in [-0.25, -0.2) is 0 Å². The van der Waals surface area contributed by atoms with E-state index < -0.39 is 18.0 Å². The van der Waals surface area contributed by atoms with Crippen molar-refractivity contribution >= 4 is 5.91 Å². The van der Waals surface area contributed by atoms with Gasteiger partial charge < -0.3 is 19.5 Å². The number of para-hydroxylation sites is 2. The van der Waals surface area contributed by atoms with E-state index >= 15 is 0 Å². The summed E-state index contributed by atoms with van der Waals surface area (Å²) in [5.41, 5.74) is 1.55. The molecule has 0 saturated carbocycles. The maximum atomic E-state index is 12.5. The largest absolute Gasteiger partial charge is 0.573 e. The Morgan fingerprint density at radius 1 is 1.07 bits per heavy atom. The SMILES string of the molecule is COc1cccc(-c2cc(CNC(=O)c3ccccc3OC(F)(F)F)n[nH]2)c1OC. The molecule has 3 aromatic rings. The Labute approximate surface area is 169 Å². The molecule has 0 unspecified atom stereocenters. The normalized spacial score (nSPS) is 11.1. The van der Waals surface area contributed by atoms with Gasteiger partial charge in [-0.1, -0.05) is 18.2 Å². The first-order valence-corrected chi connectivity index (χ1v) is 8.71. The van der Waals surface area contributed by atoms with Gasteiger partial charge in [-0.15, -0.1) is 13.2 Å². The van der Waals surface area contributed by atoms with Crippen LogP contribution in [0.4, 0.5) is 13.2 Å². The third-order valence-corrected chi connectivity index (χ3v) is 4.11. The zero-order valence-corrected chi connectivity index (χ0v) is 16.0. The van der Waals surface area contributed by atoms with Gasteiger partial charge in [0, 0.05) is 5.56 Å². The van der Waals surface area contributed by atoms with E-state index in [0.29, 0.717) is 28.5 Å². The van der Waals surface area contributed by atoms with E-state index in [-0.39, 0.29) is 12.1 Å². The standard InChI is InChI=1S/C20H18F3N3O4/c1-28-17-9-5-7-13(18(17)29-2)15-10-12(25-26-15)11-24-19(27)14-6-3-4-8-16(14)30-20(21,22)23/h3-10H,11H2,1-2H3,(H,24,27)(H,25,26). The quantitative estimate of drug-likeness (QED) is 0.604. The molecule has 0 saturated heterocycles. The molecule has 30 heavy (non-hydrogen) atoms. The maximum Gasteiger partial charge on any atom is 0.573 e. The Morgan fingerprint density at radius 2 is 1.80 bits per heavy atom. The number of alkyl halides is 3. The number of methoxy groups -OCH3 is 2. The lowest BCUT2D eigenvalue weighted by Crippen LogP contribution is -2.25. The molecule has 0 fully saturated rings. The van der Waals surface area contributed by atoms with Gasteiger partial charge in [-0.2, -0.15) is 5.10 Å². The Bertz CT molecular complexity index is 1030.